The van der Waals surface area contributed by atoms with Gasteiger partial charge in [-0.15, -0.1) is 0 Å². The average molecular weight is 522 g/mol. The number of benzene rings is 1. The first kappa shape index (κ1) is 29.4. The number of rotatable bonds is 11. The number of ketones is 2. The van der Waals surface area contributed by atoms with Crippen molar-refractivity contribution >= 4 is 23.0 Å². The first-order chi connectivity index (χ1) is 16.7. The summed E-state index contributed by atoms with van der Waals surface area (Å²) in [5.74, 6) is -3.70. The summed E-state index contributed by atoms with van der Waals surface area (Å²) < 4.78 is 74.7. The number of para-hydroxylation sites is 1. The van der Waals surface area contributed by atoms with E-state index in [0.29, 0.717) is 31.7 Å². The van der Waals surface area contributed by atoms with E-state index in [1.54, 1.807) is 18.2 Å². The third-order valence-corrected chi connectivity index (χ3v) is 5.58. The second kappa shape index (κ2) is 12.4. The number of carbonyl (C=O) groups excluding carboxylic acids is 2. The molecule has 1 N–H and O–H groups in total. The van der Waals surface area contributed by atoms with Crippen molar-refractivity contribution in [2.24, 2.45) is 9.98 Å². The van der Waals surface area contributed by atoms with E-state index < -0.39 is 42.9 Å². The number of phenols is 1. The molecule has 1 heterocycles. The Morgan fingerprint density at radius 2 is 1.28 bits per heavy atom. The average Bonchev–Trinajstić information content (AvgIpc) is 3.15. The molecule has 36 heavy (non-hydrogen) atoms. The lowest BCUT2D eigenvalue weighted by molar-refractivity contribution is -0.169. The molecule has 13 heteroatoms. The van der Waals surface area contributed by atoms with E-state index >= 15 is 0 Å². The summed E-state index contributed by atoms with van der Waals surface area (Å²) in [5.41, 5.74) is 0.701. The van der Waals surface area contributed by atoms with E-state index in [0.717, 1.165) is 0 Å². The SMILES string of the molecule is CC(CC(=O)C(F)(F)F)=NCCN1CCN(CCN=C(C)CC(=O)C(F)(F)F)C1c1ccccc1O. The number of alkyl halides is 6. The van der Waals surface area contributed by atoms with Gasteiger partial charge in [-0.1, -0.05) is 18.2 Å². The van der Waals surface area contributed by atoms with Gasteiger partial charge in [0.25, 0.3) is 0 Å². The van der Waals surface area contributed by atoms with Crippen LogP contribution < -0.4 is 0 Å². The van der Waals surface area contributed by atoms with Gasteiger partial charge in [0.15, 0.2) is 0 Å². The number of aromatic hydroxyl groups is 1. The lowest BCUT2D eigenvalue weighted by Gasteiger charge is -2.30. The van der Waals surface area contributed by atoms with Gasteiger partial charge >= 0.3 is 12.4 Å². The molecule has 1 aliphatic rings. The molecule has 7 nitrogen and oxygen atoms in total. The first-order valence-electron chi connectivity index (χ1n) is 11.2. The second-order valence-corrected chi connectivity index (χ2v) is 8.43. The van der Waals surface area contributed by atoms with Crippen molar-refractivity contribution in [3.63, 3.8) is 0 Å². The zero-order valence-corrected chi connectivity index (χ0v) is 19.9. The smallest absolute Gasteiger partial charge is 0.450 e. The Hall–Kier alpha value is -2.80. The molecule has 0 spiro atoms. The fourth-order valence-corrected chi connectivity index (χ4v) is 3.82. The summed E-state index contributed by atoms with van der Waals surface area (Å²) in [4.78, 5) is 34.3. The van der Waals surface area contributed by atoms with E-state index in [2.05, 4.69) is 9.98 Å². The standard InChI is InChI=1S/C23H28F6N4O3/c1-15(13-19(35)22(24,25)26)30-7-9-32-11-12-33(21(32)17-5-3-4-6-18(17)34)10-8-31-16(2)14-20(36)23(27,28)29/h3-6,21,34H,7-14H2,1-2H3. The minimum atomic E-state index is -4.91. The molecule has 1 aromatic rings. The van der Waals surface area contributed by atoms with E-state index in [1.807, 2.05) is 9.80 Å². The molecule has 1 aromatic carbocycles. The summed E-state index contributed by atoms with van der Waals surface area (Å²) in [5, 5.41) is 10.4. The molecule has 1 saturated heterocycles. The Balaban J connectivity index is 2.06. The topological polar surface area (TPSA) is 85.6 Å². The van der Waals surface area contributed by atoms with Gasteiger partial charge in [0, 0.05) is 43.2 Å². The van der Waals surface area contributed by atoms with Crippen molar-refractivity contribution < 1.29 is 41.0 Å². The molecule has 0 aliphatic carbocycles. The van der Waals surface area contributed by atoms with Crippen molar-refractivity contribution in [1.82, 2.24) is 9.80 Å². The summed E-state index contributed by atoms with van der Waals surface area (Å²) in [6.45, 7) is 4.69. The van der Waals surface area contributed by atoms with Crippen LogP contribution in [0.4, 0.5) is 26.3 Å². The highest BCUT2D eigenvalue weighted by atomic mass is 19.4. The summed E-state index contributed by atoms with van der Waals surface area (Å²) in [6.07, 6.45) is -11.9. The number of hydrogen-bond donors (Lipinski definition) is 1. The predicted octanol–water partition coefficient (Wildman–Crippen LogP) is 3.97. The van der Waals surface area contributed by atoms with E-state index in [1.165, 1.54) is 19.9 Å². The highest BCUT2D eigenvalue weighted by molar-refractivity contribution is 6.03. The van der Waals surface area contributed by atoms with Crippen molar-refractivity contribution in [2.75, 3.05) is 39.3 Å². The van der Waals surface area contributed by atoms with Crippen LogP contribution in [0.5, 0.6) is 5.75 Å². The van der Waals surface area contributed by atoms with Crippen molar-refractivity contribution in [3.8, 4) is 5.75 Å². The maximum Gasteiger partial charge on any atom is 0.450 e. The summed E-state index contributed by atoms with van der Waals surface area (Å²) in [6, 6.07) is 6.62. The van der Waals surface area contributed by atoms with Crippen LogP contribution in [0.25, 0.3) is 0 Å². The molecule has 0 aromatic heterocycles. The van der Waals surface area contributed by atoms with Gasteiger partial charge in [-0.05, 0) is 19.9 Å². The molecule has 0 amide bonds. The lowest BCUT2D eigenvalue weighted by Crippen LogP contribution is -2.34. The second-order valence-electron chi connectivity index (χ2n) is 8.43. The van der Waals surface area contributed by atoms with Crippen LogP contribution in [0.2, 0.25) is 0 Å². The highest BCUT2D eigenvalue weighted by Gasteiger charge is 2.39. The molecule has 0 radical (unpaired) electrons. The van der Waals surface area contributed by atoms with Crippen molar-refractivity contribution in [3.05, 3.63) is 29.8 Å². The third kappa shape index (κ3) is 8.70. The van der Waals surface area contributed by atoms with Crippen LogP contribution in [0.1, 0.15) is 38.4 Å². The quantitative estimate of drug-likeness (QED) is 0.351. The lowest BCUT2D eigenvalue weighted by atomic mass is 10.1. The van der Waals surface area contributed by atoms with E-state index in [-0.39, 0.29) is 30.3 Å². The number of carbonyl (C=O) groups is 2. The van der Waals surface area contributed by atoms with E-state index in [9.17, 15) is 41.0 Å². The van der Waals surface area contributed by atoms with Gasteiger partial charge in [0.2, 0.25) is 11.6 Å². The minimum absolute atomic E-state index is 0.0327. The molecule has 200 valence electrons. The van der Waals surface area contributed by atoms with Gasteiger partial charge in [0.1, 0.15) is 5.75 Å². The summed E-state index contributed by atoms with van der Waals surface area (Å²) in [7, 11) is 0. The van der Waals surface area contributed by atoms with Crippen LogP contribution in [0, 0.1) is 0 Å². The van der Waals surface area contributed by atoms with Crippen LogP contribution in [-0.2, 0) is 9.59 Å². The van der Waals surface area contributed by atoms with E-state index in [4.69, 9.17) is 0 Å². The van der Waals surface area contributed by atoms with Gasteiger partial charge in [-0.25, -0.2) is 0 Å². The number of phenolic OH excluding ortho intramolecular Hbond substituents is 1. The maximum atomic E-state index is 12.4. The molecule has 0 saturated carbocycles. The molecule has 2 rings (SSSR count). The fourth-order valence-electron chi connectivity index (χ4n) is 3.82. The minimum Gasteiger partial charge on any atom is -0.508 e. The van der Waals surface area contributed by atoms with Gasteiger partial charge in [-0.2, -0.15) is 26.3 Å². The molecule has 0 atom stereocenters. The summed E-state index contributed by atoms with van der Waals surface area (Å²) >= 11 is 0. The van der Waals surface area contributed by atoms with Crippen LogP contribution >= 0.6 is 0 Å². The number of hydrogen-bond acceptors (Lipinski definition) is 7. The molecular formula is C23H28F6N4O3. The Labute approximate surface area is 204 Å². The molecular weight excluding hydrogens is 494 g/mol. The number of Topliss-reactive ketones (excluding diaryl/α,β-unsaturated/α-hetero) is 2. The highest BCUT2D eigenvalue weighted by Crippen LogP contribution is 2.34. The van der Waals surface area contributed by atoms with Gasteiger partial charge < -0.3 is 5.11 Å². The Morgan fingerprint density at radius 3 is 1.67 bits per heavy atom. The normalized spacial score (nSPS) is 18.6. The number of aliphatic imine (C=N–C) groups is 2. The Bertz CT molecular complexity index is 935. The Kier molecular flexibility index (Phi) is 10.2. The van der Waals surface area contributed by atoms with Gasteiger partial charge in [0.05, 0.1) is 32.1 Å². The monoisotopic (exact) mass is 522 g/mol. The van der Waals surface area contributed by atoms with Crippen LogP contribution in [-0.4, -0.2) is 89.5 Å². The zero-order chi connectivity index (χ0) is 27.1. The molecule has 0 bridgehead atoms. The third-order valence-electron chi connectivity index (χ3n) is 5.58. The van der Waals surface area contributed by atoms with Crippen molar-refractivity contribution in [1.29, 1.82) is 0 Å². The number of nitrogens with zero attached hydrogens (tertiary/aromatic N) is 4. The largest absolute Gasteiger partial charge is 0.508 e. The maximum absolute atomic E-state index is 12.4. The predicted molar refractivity (Wildman–Crippen MR) is 121 cm³/mol. The van der Waals surface area contributed by atoms with Gasteiger partial charge in [-0.3, -0.25) is 29.4 Å². The van der Waals surface area contributed by atoms with Crippen LogP contribution in [0.15, 0.2) is 34.3 Å². The van der Waals surface area contributed by atoms with Crippen molar-refractivity contribution in [2.45, 2.75) is 45.2 Å². The molecule has 1 aliphatic heterocycles. The first-order valence-corrected chi connectivity index (χ1v) is 11.2. The fraction of sp³-hybridized carbons (Fsp3) is 0.565. The molecule has 0 unspecified atom stereocenters. The van der Waals surface area contributed by atoms with Crippen LogP contribution in [0.3, 0.4) is 0 Å². The molecule has 1 fully saturated rings. The zero-order valence-electron chi connectivity index (χ0n) is 19.9. The number of halogens is 6. The Morgan fingerprint density at radius 1 is 0.861 bits per heavy atom.